The summed E-state index contributed by atoms with van der Waals surface area (Å²) in [5.74, 6) is 1.65. The Labute approximate surface area is 81.9 Å². The van der Waals surface area contributed by atoms with Crippen LogP contribution in [0.3, 0.4) is 0 Å². The van der Waals surface area contributed by atoms with E-state index in [1.807, 2.05) is 0 Å². The molecule has 0 aromatic heterocycles. The molecule has 0 amide bonds. The summed E-state index contributed by atoms with van der Waals surface area (Å²) in [7, 11) is 0. The molecule has 2 aliphatic heterocycles. The summed E-state index contributed by atoms with van der Waals surface area (Å²) in [4.78, 5) is 0. The van der Waals surface area contributed by atoms with Crippen molar-refractivity contribution in [2.45, 2.75) is 47.1 Å². The smallest absolute Gasteiger partial charge is 0.0631 e. The summed E-state index contributed by atoms with van der Waals surface area (Å²) in [5, 5.41) is 0. The highest BCUT2D eigenvalue weighted by Crippen LogP contribution is 2.58. The summed E-state index contributed by atoms with van der Waals surface area (Å²) in [5.41, 5.74) is 0.851. The Balaban J connectivity index is 2.16. The fraction of sp³-hybridized carbons (Fsp3) is 1.00. The lowest BCUT2D eigenvalue weighted by molar-refractivity contribution is -0.240. The predicted molar refractivity (Wildman–Crippen MR) is 54.6 cm³/mol. The predicted octanol–water partition coefficient (Wildman–Crippen LogP) is 3.09. The molecule has 76 valence electrons. The van der Waals surface area contributed by atoms with E-state index in [1.165, 1.54) is 6.42 Å². The van der Waals surface area contributed by atoms with Gasteiger partial charge in [-0.3, -0.25) is 0 Å². The average Bonchev–Trinajstić information content (AvgIpc) is 2.02. The first-order chi connectivity index (χ1) is 5.83. The molecule has 0 aromatic carbocycles. The van der Waals surface area contributed by atoms with Gasteiger partial charge in [-0.15, -0.1) is 0 Å². The molecule has 2 heterocycles. The third-order valence-corrected chi connectivity index (χ3v) is 4.33. The Morgan fingerprint density at radius 3 is 2.15 bits per heavy atom. The second-order valence-electron chi connectivity index (χ2n) is 6.46. The van der Waals surface area contributed by atoms with Gasteiger partial charge in [0.15, 0.2) is 0 Å². The van der Waals surface area contributed by atoms with Crippen LogP contribution in [-0.2, 0) is 4.74 Å². The molecule has 0 spiro atoms. The quantitative estimate of drug-likeness (QED) is 0.559. The number of ether oxygens (including phenoxy) is 1. The van der Waals surface area contributed by atoms with Gasteiger partial charge < -0.3 is 4.74 Å². The van der Waals surface area contributed by atoms with Gasteiger partial charge in [-0.1, -0.05) is 34.6 Å². The molecule has 3 atom stereocenters. The summed E-state index contributed by atoms with van der Waals surface area (Å²) in [6.07, 6.45) is 1.85. The first kappa shape index (κ1) is 9.51. The molecule has 1 aliphatic carbocycles. The van der Waals surface area contributed by atoms with E-state index in [2.05, 4.69) is 34.6 Å². The maximum Gasteiger partial charge on any atom is 0.0631 e. The Morgan fingerprint density at radius 2 is 1.85 bits per heavy atom. The van der Waals surface area contributed by atoms with E-state index in [0.29, 0.717) is 16.9 Å². The zero-order valence-electron chi connectivity index (χ0n) is 9.55. The molecule has 0 aromatic rings. The van der Waals surface area contributed by atoms with Crippen LogP contribution in [0, 0.1) is 22.7 Å². The van der Waals surface area contributed by atoms with E-state index in [4.69, 9.17) is 4.74 Å². The van der Waals surface area contributed by atoms with Gasteiger partial charge in [-0.25, -0.2) is 0 Å². The molecule has 3 rings (SSSR count). The van der Waals surface area contributed by atoms with E-state index >= 15 is 0 Å². The molecule has 2 saturated heterocycles. The number of hydrogen-bond donors (Lipinski definition) is 0. The molecule has 1 nitrogen and oxygen atoms in total. The van der Waals surface area contributed by atoms with E-state index in [-0.39, 0.29) is 0 Å². The van der Waals surface area contributed by atoms with Crippen molar-refractivity contribution in [3.63, 3.8) is 0 Å². The Hall–Kier alpha value is -0.0400. The highest BCUT2D eigenvalue weighted by molar-refractivity contribution is 5.05. The third-order valence-electron chi connectivity index (χ3n) is 4.33. The molecule has 3 unspecified atom stereocenters. The number of rotatable bonds is 0. The van der Waals surface area contributed by atoms with Gasteiger partial charge in [-0.05, 0) is 29.1 Å². The zero-order valence-corrected chi connectivity index (χ0v) is 9.55. The van der Waals surface area contributed by atoms with E-state index in [0.717, 1.165) is 18.4 Å². The lowest BCUT2D eigenvalue weighted by Gasteiger charge is -2.62. The van der Waals surface area contributed by atoms with Crippen molar-refractivity contribution in [3.8, 4) is 0 Å². The summed E-state index contributed by atoms with van der Waals surface area (Å²) in [6, 6.07) is 0. The molecule has 13 heavy (non-hydrogen) atoms. The number of fused-ring (bicyclic) bond motifs is 2. The van der Waals surface area contributed by atoms with Gasteiger partial charge in [0.1, 0.15) is 0 Å². The first-order valence-corrected chi connectivity index (χ1v) is 5.45. The van der Waals surface area contributed by atoms with Crippen molar-refractivity contribution in [3.05, 3.63) is 0 Å². The lowest BCUT2D eigenvalue weighted by Crippen LogP contribution is -2.61. The number of hydrogen-bond acceptors (Lipinski definition) is 1. The molecule has 1 heteroatoms. The third kappa shape index (κ3) is 1.24. The molecule has 1 saturated carbocycles. The van der Waals surface area contributed by atoms with Crippen molar-refractivity contribution in [2.24, 2.45) is 22.7 Å². The second-order valence-corrected chi connectivity index (χ2v) is 6.46. The van der Waals surface area contributed by atoms with Gasteiger partial charge in [0, 0.05) is 0 Å². The van der Waals surface area contributed by atoms with Gasteiger partial charge in [-0.2, -0.15) is 0 Å². The maximum atomic E-state index is 5.90. The molecule has 0 N–H and O–H groups in total. The van der Waals surface area contributed by atoms with Crippen molar-refractivity contribution in [1.82, 2.24) is 0 Å². The normalized spacial score (nSPS) is 42.7. The maximum absolute atomic E-state index is 5.90. The SMILES string of the molecule is CC(C)(C)C1COC2CC1C2(C)C. The fourth-order valence-corrected chi connectivity index (χ4v) is 3.07. The van der Waals surface area contributed by atoms with Crippen molar-refractivity contribution in [2.75, 3.05) is 6.61 Å². The Kier molecular flexibility index (Phi) is 1.83. The minimum absolute atomic E-state index is 0.410. The Bertz CT molecular complexity index is 210. The molecular formula is C12H22O. The van der Waals surface area contributed by atoms with Crippen LogP contribution >= 0.6 is 0 Å². The van der Waals surface area contributed by atoms with Crippen LogP contribution in [0.5, 0.6) is 0 Å². The molecule has 2 bridgehead atoms. The second kappa shape index (κ2) is 2.50. The molecule has 3 aliphatic rings. The summed E-state index contributed by atoms with van der Waals surface area (Å²) in [6.45, 7) is 12.7. The summed E-state index contributed by atoms with van der Waals surface area (Å²) < 4.78 is 5.90. The van der Waals surface area contributed by atoms with Crippen LogP contribution in [0.4, 0.5) is 0 Å². The van der Waals surface area contributed by atoms with Crippen LogP contribution in [0.15, 0.2) is 0 Å². The van der Waals surface area contributed by atoms with Crippen LogP contribution in [0.2, 0.25) is 0 Å². The monoisotopic (exact) mass is 182 g/mol. The van der Waals surface area contributed by atoms with E-state index in [9.17, 15) is 0 Å². The van der Waals surface area contributed by atoms with Crippen molar-refractivity contribution < 1.29 is 4.74 Å². The lowest BCUT2D eigenvalue weighted by atomic mass is 9.50. The minimum atomic E-state index is 0.410. The van der Waals surface area contributed by atoms with Gasteiger partial charge in [0.25, 0.3) is 0 Å². The minimum Gasteiger partial charge on any atom is -0.377 e. The highest BCUT2D eigenvalue weighted by Gasteiger charge is 2.57. The molecule has 3 fully saturated rings. The first-order valence-electron chi connectivity index (χ1n) is 5.45. The van der Waals surface area contributed by atoms with E-state index in [1.54, 1.807) is 0 Å². The topological polar surface area (TPSA) is 9.23 Å². The zero-order chi connectivity index (χ0) is 9.85. The van der Waals surface area contributed by atoms with Gasteiger partial charge >= 0.3 is 0 Å². The largest absolute Gasteiger partial charge is 0.377 e. The van der Waals surface area contributed by atoms with E-state index < -0.39 is 0 Å². The molecule has 0 radical (unpaired) electrons. The van der Waals surface area contributed by atoms with Gasteiger partial charge in [0.2, 0.25) is 0 Å². The van der Waals surface area contributed by atoms with Crippen LogP contribution in [-0.4, -0.2) is 12.7 Å². The van der Waals surface area contributed by atoms with Crippen LogP contribution in [0.25, 0.3) is 0 Å². The highest BCUT2D eigenvalue weighted by atomic mass is 16.5. The van der Waals surface area contributed by atoms with Crippen molar-refractivity contribution in [1.29, 1.82) is 0 Å². The van der Waals surface area contributed by atoms with Crippen LogP contribution in [0.1, 0.15) is 41.0 Å². The van der Waals surface area contributed by atoms with Crippen molar-refractivity contribution >= 4 is 0 Å². The summed E-state index contributed by atoms with van der Waals surface area (Å²) >= 11 is 0. The molecular weight excluding hydrogens is 160 g/mol. The standard InChI is InChI=1S/C12H22O/c1-11(2,3)9-7-13-10-6-8(9)12(10,4)5/h8-10H,6-7H2,1-5H3. The Morgan fingerprint density at radius 1 is 1.23 bits per heavy atom. The van der Waals surface area contributed by atoms with Gasteiger partial charge in [0.05, 0.1) is 12.7 Å². The fourth-order valence-electron chi connectivity index (χ4n) is 3.07. The average molecular weight is 182 g/mol. The van der Waals surface area contributed by atoms with Crippen LogP contribution < -0.4 is 0 Å².